The Morgan fingerprint density at radius 1 is 1.00 bits per heavy atom. The van der Waals surface area contributed by atoms with E-state index < -0.39 is 46.3 Å². The predicted molar refractivity (Wildman–Crippen MR) is 132 cm³/mol. The van der Waals surface area contributed by atoms with Gasteiger partial charge in [-0.05, 0) is 95.2 Å². The molecule has 1 fully saturated rings. The number of rotatable bonds is 3. The molecule has 0 unspecified atom stereocenters. The van der Waals surface area contributed by atoms with Crippen molar-refractivity contribution in [3.8, 4) is 5.69 Å². The van der Waals surface area contributed by atoms with E-state index in [0.29, 0.717) is 21.3 Å². The highest BCUT2D eigenvalue weighted by atomic mass is 127. The zero-order chi connectivity index (χ0) is 25.6. The predicted octanol–water partition coefficient (Wildman–Crippen LogP) is 4.75. The van der Waals surface area contributed by atoms with Crippen LogP contribution in [0.5, 0.6) is 0 Å². The third-order valence-corrected chi connectivity index (χ3v) is 5.23. The maximum Gasteiger partial charge on any atom is 0.425 e. The summed E-state index contributed by atoms with van der Waals surface area (Å²) in [5, 5.41) is 0. The second-order valence-electron chi connectivity index (χ2n) is 9.95. The Hall–Kier alpha value is -2.70. The van der Waals surface area contributed by atoms with Crippen LogP contribution < -0.4 is 16.1 Å². The normalized spacial score (nSPS) is 14.0. The number of anilines is 1. The van der Waals surface area contributed by atoms with Gasteiger partial charge in [-0.25, -0.2) is 23.3 Å². The summed E-state index contributed by atoms with van der Waals surface area (Å²) in [6.45, 7) is 9.55. The minimum absolute atomic E-state index is 0.230. The van der Waals surface area contributed by atoms with E-state index in [2.05, 4.69) is 0 Å². The molecule has 9 nitrogen and oxygen atoms in total. The second kappa shape index (κ2) is 9.16. The number of carbonyl (C=O) groups is 2. The van der Waals surface area contributed by atoms with Crippen molar-refractivity contribution in [2.45, 2.75) is 71.6 Å². The Balaban J connectivity index is 2.33. The molecule has 1 aromatic heterocycles. The lowest BCUT2D eigenvalue weighted by molar-refractivity contribution is 0.0427. The van der Waals surface area contributed by atoms with E-state index in [9.17, 15) is 19.2 Å². The van der Waals surface area contributed by atoms with Gasteiger partial charge in [-0.3, -0.25) is 9.36 Å². The number of ether oxygens (including phenoxy) is 2. The number of hydrogen-bond donors (Lipinski definition) is 0. The van der Waals surface area contributed by atoms with Crippen LogP contribution in [0.15, 0.2) is 33.9 Å². The fourth-order valence-electron chi connectivity index (χ4n) is 3.14. The molecule has 0 N–H and O–H groups in total. The lowest BCUT2D eigenvalue weighted by Crippen LogP contribution is -2.48. The minimum Gasteiger partial charge on any atom is -0.443 e. The van der Waals surface area contributed by atoms with Crippen molar-refractivity contribution in [1.82, 2.24) is 9.13 Å². The van der Waals surface area contributed by atoms with E-state index in [0.717, 1.165) is 15.2 Å². The van der Waals surface area contributed by atoms with Crippen LogP contribution in [0.25, 0.3) is 5.69 Å². The number of halogens is 2. The minimum atomic E-state index is -1.18. The summed E-state index contributed by atoms with van der Waals surface area (Å²) in [5.41, 5.74) is -3.85. The maximum absolute atomic E-state index is 15.1. The quantitative estimate of drug-likeness (QED) is 0.481. The van der Waals surface area contributed by atoms with Gasteiger partial charge < -0.3 is 9.47 Å². The lowest BCUT2D eigenvalue weighted by atomic mass is 10.2. The fraction of sp³-hybridized carbons (Fsp3) is 0.478. The average molecular weight is 587 g/mol. The smallest absolute Gasteiger partial charge is 0.425 e. The first-order chi connectivity index (χ1) is 15.6. The van der Waals surface area contributed by atoms with Gasteiger partial charge in [0.05, 0.1) is 5.69 Å². The van der Waals surface area contributed by atoms with Crippen molar-refractivity contribution in [2.75, 3.05) is 4.90 Å². The number of carbonyl (C=O) groups excluding carboxylic acids is 2. The number of imide groups is 1. The summed E-state index contributed by atoms with van der Waals surface area (Å²) >= 11 is 1.91. The molecule has 2 aromatic rings. The van der Waals surface area contributed by atoms with Crippen molar-refractivity contribution in [3.05, 3.63) is 54.5 Å². The van der Waals surface area contributed by atoms with Crippen LogP contribution in [-0.2, 0) is 9.47 Å². The van der Waals surface area contributed by atoms with Crippen LogP contribution in [0.1, 0.15) is 60.4 Å². The van der Waals surface area contributed by atoms with E-state index >= 15 is 4.39 Å². The molecule has 1 aliphatic rings. The molecule has 2 amide bonds. The van der Waals surface area contributed by atoms with Crippen molar-refractivity contribution in [2.24, 2.45) is 0 Å². The first-order valence-electron chi connectivity index (χ1n) is 10.7. The summed E-state index contributed by atoms with van der Waals surface area (Å²) in [4.78, 5) is 53.1. The van der Waals surface area contributed by atoms with Crippen molar-refractivity contribution in [1.29, 1.82) is 0 Å². The van der Waals surface area contributed by atoms with Gasteiger partial charge in [0, 0.05) is 15.7 Å². The molecule has 0 spiro atoms. The zero-order valence-electron chi connectivity index (χ0n) is 19.8. The molecule has 1 aliphatic carbocycles. The van der Waals surface area contributed by atoms with Crippen LogP contribution in [0.4, 0.5) is 19.8 Å². The first-order valence-corrected chi connectivity index (χ1v) is 11.8. The van der Waals surface area contributed by atoms with Gasteiger partial charge in [-0.1, -0.05) is 0 Å². The summed E-state index contributed by atoms with van der Waals surface area (Å²) in [6, 6.07) is 4.72. The molecule has 3 rings (SSSR count). The van der Waals surface area contributed by atoms with Crippen LogP contribution in [-0.4, -0.2) is 32.5 Å². The molecule has 0 saturated heterocycles. The van der Waals surface area contributed by atoms with Gasteiger partial charge in [0.25, 0.3) is 5.56 Å². The Labute approximate surface area is 209 Å². The lowest BCUT2D eigenvalue weighted by Gasteiger charge is -2.29. The molecule has 0 radical (unpaired) electrons. The van der Waals surface area contributed by atoms with Gasteiger partial charge in [-0.2, -0.15) is 4.90 Å². The largest absolute Gasteiger partial charge is 0.443 e. The monoisotopic (exact) mass is 587 g/mol. The molecule has 11 heteroatoms. The van der Waals surface area contributed by atoms with E-state index in [-0.39, 0.29) is 11.7 Å². The molecule has 1 heterocycles. The van der Waals surface area contributed by atoms with Gasteiger partial charge in [0.2, 0.25) is 0 Å². The number of benzene rings is 1. The molecule has 0 bridgehead atoms. The SMILES string of the molecule is CC(C)(C)OC(=O)N(C(=O)OC(C)(C)C)c1cc(=O)n(C2CC2)c(=O)n1-c1ccc(I)cc1F. The molecule has 0 aliphatic heterocycles. The van der Waals surface area contributed by atoms with Crippen LogP contribution >= 0.6 is 22.6 Å². The van der Waals surface area contributed by atoms with Crippen molar-refractivity contribution < 1.29 is 23.5 Å². The van der Waals surface area contributed by atoms with Crippen LogP contribution in [0.2, 0.25) is 0 Å². The molecule has 1 aromatic carbocycles. The van der Waals surface area contributed by atoms with Crippen LogP contribution in [0.3, 0.4) is 0 Å². The first kappa shape index (κ1) is 25.9. The Morgan fingerprint density at radius 2 is 1.53 bits per heavy atom. The Morgan fingerprint density at radius 3 is 1.97 bits per heavy atom. The second-order valence-corrected chi connectivity index (χ2v) is 11.2. The number of amides is 2. The van der Waals surface area contributed by atoms with E-state index in [1.165, 1.54) is 12.1 Å². The molecule has 1 saturated carbocycles. The number of hydrogen-bond acceptors (Lipinski definition) is 6. The van der Waals surface area contributed by atoms with Crippen molar-refractivity contribution in [3.63, 3.8) is 0 Å². The fourth-order valence-corrected chi connectivity index (χ4v) is 3.60. The topological polar surface area (TPSA) is 99.8 Å². The van der Waals surface area contributed by atoms with E-state index in [1.54, 1.807) is 47.6 Å². The third-order valence-electron chi connectivity index (χ3n) is 4.56. The van der Waals surface area contributed by atoms with E-state index in [1.807, 2.05) is 22.6 Å². The van der Waals surface area contributed by atoms with Gasteiger partial charge in [-0.15, -0.1) is 0 Å². The Kier molecular flexibility index (Phi) is 6.98. The van der Waals surface area contributed by atoms with Gasteiger partial charge in [0.1, 0.15) is 22.8 Å². The number of nitrogens with zero attached hydrogens (tertiary/aromatic N) is 3. The highest BCUT2D eigenvalue weighted by molar-refractivity contribution is 14.1. The molecular weight excluding hydrogens is 560 g/mol. The van der Waals surface area contributed by atoms with E-state index in [4.69, 9.17) is 9.47 Å². The van der Waals surface area contributed by atoms with Gasteiger partial charge in [0.15, 0.2) is 0 Å². The summed E-state index contributed by atoms with van der Waals surface area (Å²) in [5.74, 6) is -1.25. The van der Waals surface area contributed by atoms with Crippen LogP contribution in [0, 0.1) is 9.39 Å². The number of aromatic nitrogens is 2. The van der Waals surface area contributed by atoms with Crippen molar-refractivity contribution >= 4 is 40.6 Å². The standard InChI is InChI=1S/C23H27FIN3O6/c1-22(2,3)33-20(31)28(21(32)34-23(4,5)6)17-12-18(29)26(14-8-9-14)19(30)27(17)16-10-7-13(25)11-15(16)24/h7,10-12,14H,8-9H2,1-6H3. The molecule has 0 atom stereocenters. The zero-order valence-corrected chi connectivity index (χ0v) is 22.0. The highest BCUT2D eigenvalue weighted by Gasteiger charge is 2.37. The third kappa shape index (κ3) is 5.86. The molecule has 184 valence electrons. The highest BCUT2D eigenvalue weighted by Crippen LogP contribution is 2.33. The maximum atomic E-state index is 15.1. The molecular formula is C23H27FIN3O6. The Bertz CT molecular complexity index is 1220. The van der Waals surface area contributed by atoms with Gasteiger partial charge >= 0.3 is 17.9 Å². The summed E-state index contributed by atoms with van der Waals surface area (Å²) in [6.07, 6.45) is -1.12. The molecule has 34 heavy (non-hydrogen) atoms. The summed E-state index contributed by atoms with van der Waals surface area (Å²) < 4.78 is 28.2. The average Bonchev–Trinajstić information content (AvgIpc) is 3.45. The summed E-state index contributed by atoms with van der Waals surface area (Å²) in [7, 11) is 0.